The second kappa shape index (κ2) is 13.1. The summed E-state index contributed by atoms with van der Waals surface area (Å²) >= 11 is 0. The highest BCUT2D eigenvalue weighted by molar-refractivity contribution is 5.70. The van der Waals surface area contributed by atoms with E-state index in [2.05, 4.69) is 0 Å². The van der Waals surface area contributed by atoms with E-state index < -0.39 is 77.0 Å². The van der Waals surface area contributed by atoms with Crippen LogP contribution in [0.15, 0.2) is 78.9 Å². The van der Waals surface area contributed by atoms with Crippen molar-refractivity contribution >= 4 is 6.09 Å². The molecule has 1 saturated heterocycles. The summed E-state index contributed by atoms with van der Waals surface area (Å²) in [5, 5.41) is 22.2. The first-order chi connectivity index (χ1) is 21.1. The van der Waals surface area contributed by atoms with Gasteiger partial charge in [-0.2, -0.15) is 26.3 Å². The lowest BCUT2D eigenvalue weighted by Crippen LogP contribution is -2.65. The van der Waals surface area contributed by atoms with Crippen LogP contribution in [0.3, 0.4) is 0 Å². The summed E-state index contributed by atoms with van der Waals surface area (Å²) in [5.74, 6) is 0. The number of benzene rings is 3. The van der Waals surface area contributed by atoms with Crippen molar-refractivity contribution < 1.29 is 50.6 Å². The molecule has 0 aromatic heterocycles. The van der Waals surface area contributed by atoms with Crippen molar-refractivity contribution in [1.29, 1.82) is 0 Å². The number of likely N-dealkylation sites (tertiary alicyclic amines) is 1. The lowest BCUT2D eigenvalue weighted by atomic mass is 9.75. The van der Waals surface area contributed by atoms with Crippen LogP contribution in [0, 0.1) is 10.1 Å². The predicted molar refractivity (Wildman–Crippen MR) is 148 cm³/mol. The molecular formula is C31H30F6N2O6. The Morgan fingerprint density at radius 3 is 2.02 bits per heavy atom. The highest BCUT2D eigenvalue weighted by Gasteiger charge is 2.57. The zero-order valence-corrected chi connectivity index (χ0v) is 24.0. The van der Waals surface area contributed by atoms with Crippen LogP contribution >= 0.6 is 0 Å². The largest absolute Gasteiger partial charge is 0.445 e. The Balaban J connectivity index is 1.74. The standard InChI is InChI=1S/C31H30F6N2O6/c1-21(23-14-25(30(32,33)34)16-26(15-23)31(35,36)37)45-20-29(24-10-6-3-7-11-24)13-12-28(19-40,39(42)43)18-38(29)27(41)44-17-22-8-4-2-5-9-22/h2-11,14-16,21,40H,12-13,17-20H2,1H3/t21-,28?,29-/m1/s1. The number of aliphatic hydroxyl groups excluding tert-OH is 1. The molecule has 8 nitrogen and oxygen atoms in total. The normalized spacial score (nSPS) is 21.3. The molecule has 45 heavy (non-hydrogen) atoms. The number of ether oxygens (including phenoxy) is 2. The van der Waals surface area contributed by atoms with Crippen molar-refractivity contribution in [2.24, 2.45) is 0 Å². The zero-order valence-electron chi connectivity index (χ0n) is 24.0. The van der Waals surface area contributed by atoms with E-state index in [0.717, 1.165) is 4.90 Å². The molecule has 1 aliphatic rings. The van der Waals surface area contributed by atoms with Gasteiger partial charge in [0.25, 0.3) is 5.54 Å². The Labute approximate surface area is 254 Å². The molecule has 1 amide bonds. The van der Waals surface area contributed by atoms with Crippen LogP contribution in [0.4, 0.5) is 31.1 Å². The highest BCUT2D eigenvalue weighted by Crippen LogP contribution is 2.44. The molecular weight excluding hydrogens is 610 g/mol. The molecule has 1 fully saturated rings. The molecule has 242 valence electrons. The van der Waals surface area contributed by atoms with E-state index in [9.17, 15) is 46.4 Å². The molecule has 0 spiro atoms. The van der Waals surface area contributed by atoms with E-state index in [0.29, 0.717) is 23.3 Å². The first-order valence-electron chi connectivity index (χ1n) is 13.8. The molecule has 0 aliphatic carbocycles. The van der Waals surface area contributed by atoms with Gasteiger partial charge in [-0.25, -0.2) is 4.79 Å². The first-order valence-corrected chi connectivity index (χ1v) is 13.8. The maximum atomic E-state index is 13.7. The summed E-state index contributed by atoms with van der Waals surface area (Å²) < 4.78 is 92.6. The number of carbonyl (C=O) groups excluding carboxylic acids is 1. The fraction of sp³-hybridized carbons (Fsp3) is 0.387. The topological polar surface area (TPSA) is 102 Å². The van der Waals surface area contributed by atoms with E-state index in [1.807, 2.05) is 0 Å². The van der Waals surface area contributed by atoms with E-state index >= 15 is 0 Å². The maximum Gasteiger partial charge on any atom is 0.416 e. The minimum atomic E-state index is -5.07. The number of hydrogen-bond donors (Lipinski definition) is 1. The molecule has 0 bridgehead atoms. The minimum absolute atomic E-state index is 0.0133. The zero-order chi connectivity index (χ0) is 33.0. The van der Waals surface area contributed by atoms with Gasteiger partial charge in [-0.05, 0) is 48.2 Å². The number of rotatable bonds is 9. The molecule has 1 heterocycles. The molecule has 1 aliphatic heterocycles. The van der Waals surface area contributed by atoms with Crippen LogP contribution < -0.4 is 0 Å². The van der Waals surface area contributed by atoms with Gasteiger partial charge in [0.05, 0.1) is 35.9 Å². The summed E-state index contributed by atoms with van der Waals surface area (Å²) in [4.78, 5) is 26.2. The van der Waals surface area contributed by atoms with Crippen molar-refractivity contribution in [1.82, 2.24) is 4.90 Å². The molecule has 3 atom stereocenters. The number of hydrogen-bond acceptors (Lipinski definition) is 6. The van der Waals surface area contributed by atoms with E-state index in [4.69, 9.17) is 9.47 Å². The summed E-state index contributed by atoms with van der Waals surface area (Å²) in [7, 11) is 0. The molecule has 3 aromatic carbocycles. The van der Waals surface area contributed by atoms with E-state index in [1.54, 1.807) is 60.7 Å². The van der Waals surface area contributed by atoms with Crippen LogP contribution in [-0.4, -0.2) is 46.3 Å². The number of nitro groups is 1. The van der Waals surface area contributed by atoms with Gasteiger partial charge >= 0.3 is 18.4 Å². The van der Waals surface area contributed by atoms with Crippen LogP contribution in [0.2, 0.25) is 0 Å². The van der Waals surface area contributed by atoms with Crippen molar-refractivity contribution in [3.63, 3.8) is 0 Å². The molecule has 0 saturated carbocycles. The Hall–Kier alpha value is -4.17. The van der Waals surface area contributed by atoms with Gasteiger partial charge in [-0.15, -0.1) is 0 Å². The molecule has 1 unspecified atom stereocenters. The van der Waals surface area contributed by atoms with Gasteiger partial charge in [0.15, 0.2) is 0 Å². The lowest BCUT2D eigenvalue weighted by molar-refractivity contribution is -0.579. The fourth-order valence-corrected chi connectivity index (χ4v) is 5.33. The molecule has 14 heteroatoms. The first kappa shape index (κ1) is 33.7. The average Bonchev–Trinajstić information content (AvgIpc) is 3.02. The third-order valence-electron chi connectivity index (χ3n) is 8.04. The second-order valence-electron chi connectivity index (χ2n) is 11.0. The van der Waals surface area contributed by atoms with Crippen LogP contribution in [0.5, 0.6) is 0 Å². The Morgan fingerprint density at radius 2 is 1.51 bits per heavy atom. The summed E-state index contributed by atoms with van der Waals surface area (Å²) in [6.45, 7) is -0.930. The second-order valence-corrected chi connectivity index (χ2v) is 11.0. The van der Waals surface area contributed by atoms with Crippen LogP contribution in [0.25, 0.3) is 0 Å². The van der Waals surface area contributed by atoms with E-state index in [-0.39, 0.29) is 25.5 Å². The number of nitrogens with zero attached hydrogens (tertiary/aromatic N) is 2. The molecule has 4 rings (SSSR count). The number of halogens is 6. The van der Waals surface area contributed by atoms with Gasteiger partial charge in [0, 0.05) is 11.3 Å². The van der Waals surface area contributed by atoms with Gasteiger partial charge in [0.2, 0.25) is 0 Å². The summed E-state index contributed by atoms with van der Waals surface area (Å²) in [6, 6.07) is 17.9. The molecule has 3 aromatic rings. The Bertz CT molecular complexity index is 1460. The van der Waals surface area contributed by atoms with Crippen LogP contribution in [-0.2, 0) is 34.0 Å². The third kappa shape index (κ3) is 7.39. The summed E-state index contributed by atoms with van der Waals surface area (Å²) in [6.07, 6.45) is -12.8. The van der Waals surface area contributed by atoms with Gasteiger partial charge in [-0.3, -0.25) is 15.0 Å². The summed E-state index contributed by atoms with van der Waals surface area (Å²) in [5.41, 5.74) is -5.85. The van der Waals surface area contributed by atoms with Crippen molar-refractivity contribution in [3.8, 4) is 0 Å². The molecule has 0 radical (unpaired) electrons. The van der Waals surface area contributed by atoms with E-state index in [1.165, 1.54) is 6.92 Å². The highest BCUT2D eigenvalue weighted by atomic mass is 19.4. The third-order valence-corrected chi connectivity index (χ3v) is 8.04. The Kier molecular flexibility index (Phi) is 9.78. The molecule has 1 N–H and O–H groups in total. The van der Waals surface area contributed by atoms with Crippen molar-refractivity contribution in [3.05, 3.63) is 117 Å². The quantitative estimate of drug-likeness (QED) is 0.152. The number of alkyl halides is 6. The average molecular weight is 641 g/mol. The number of aliphatic hydroxyl groups is 1. The lowest BCUT2D eigenvalue weighted by Gasteiger charge is -2.49. The van der Waals surface area contributed by atoms with Gasteiger partial charge in [0.1, 0.15) is 13.2 Å². The fourth-order valence-electron chi connectivity index (χ4n) is 5.33. The Morgan fingerprint density at radius 1 is 0.956 bits per heavy atom. The van der Waals surface area contributed by atoms with Gasteiger partial charge in [-0.1, -0.05) is 60.7 Å². The van der Waals surface area contributed by atoms with Crippen molar-refractivity contribution in [2.75, 3.05) is 19.8 Å². The number of carbonyl (C=O) groups is 1. The number of piperidine rings is 1. The predicted octanol–water partition coefficient (Wildman–Crippen LogP) is 7.14. The van der Waals surface area contributed by atoms with Gasteiger partial charge < -0.3 is 14.6 Å². The minimum Gasteiger partial charge on any atom is -0.445 e. The smallest absolute Gasteiger partial charge is 0.416 e. The SMILES string of the molecule is C[C@@H](OC[C@@]1(c2ccccc2)CCC(CO)([N+](=O)[O-])CN1C(=O)OCc1ccccc1)c1cc(C(F)(F)F)cc(C(F)(F)F)c1. The van der Waals surface area contributed by atoms with Crippen molar-refractivity contribution in [2.45, 2.75) is 55.9 Å². The number of amides is 1. The van der Waals surface area contributed by atoms with Crippen LogP contribution in [0.1, 0.15) is 53.7 Å². The monoisotopic (exact) mass is 640 g/mol. The maximum absolute atomic E-state index is 13.7.